The molecule has 0 aliphatic rings. The van der Waals surface area contributed by atoms with E-state index in [9.17, 15) is 9.59 Å². The van der Waals surface area contributed by atoms with Crippen LogP contribution in [0.2, 0.25) is 0 Å². The molecule has 8 heteroatoms. The van der Waals surface area contributed by atoms with E-state index in [0.29, 0.717) is 28.4 Å². The third kappa shape index (κ3) is 4.25. The maximum atomic E-state index is 13.4. The van der Waals surface area contributed by atoms with Gasteiger partial charge in [0.05, 0.1) is 24.8 Å². The van der Waals surface area contributed by atoms with Crippen molar-refractivity contribution in [1.82, 2.24) is 14.9 Å². The van der Waals surface area contributed by atoms with Crippen LogP contribution >= 0.6 is 11.3 Å². The number of carbonyl (C=O) groups excluding carboxylic acids is 1. The van der Waals surface area contributed by atoms with Crippen molar-refractivity contribution in [2.45, 2.75) is 33.9 Å². The summed E-state index contributed by atoms with van der Waals surface area (Å²) in [5.74, 6) is 1.66. The summed E-state index contributed by atoms with van der Waals surface area (Å²) in [5, 5.41) is 3.31. The van der Waals surface area contributed by atoms with Crippen LogP contribution in [0.3, 0.4) is 0 Å². The van der Waals surface area contributed by atoms with Gasteiger partial charge in [-0.3, -0.25) is 14.2 Å². The maximum absolute atomic E-state index is 13.4. The summed E-state index contributed by atoms with van der Waals surface area (Å²) in [6, 6.07) is 11.2. The molecule has 1 N–H and O–H groups in total. The van der Waals surface area contributed by atoms with Gasteiger partial charge < -0.3 is 14.5 Å². The summed E-state index contributed by atoms with van der Waals surface area (Å²) in [4.78, 5) is 32.1. The normalized spacial score (nSPS) is 11.1. The van der Waals surface area contributed by atoms with Gasteiger partial charge in [0.1, 0.15) is 28.7 Å². The van der Waals surface area contributed by atoms with Gasteiger partial charge in [-0.1, -0.05) is 12.1 Å². The van der Waals surface area contributed by atoms with Crippen LogP contribution in [0.4, 0.5) is 0 Å². The van der Waals surface area contributed by atoms with Crippen molar-refractivity contribution in [2.75, 3.05) is 6.61 Å². The molecule has 0 aliphatic carbocycles. The lowest BCUT2D eigenvalue weighted by Gasteiger charge is -2.10. The van der Waals surface area contributed by atoms with Gasteiger partial charge in [-0.25, -0.2) is 4.98 Å². The molecule has 1 aromatic carbocycles. The fraction of sp³-hybridized carbons (Fsp3) is 0.261. The van der Waals surface area contributed by atoms with Gasteiger partial charge in [0, 0.05) is 10.4 Å². The molecule has 7 nitrogen and oxygen atoms in total. The number of nitrogens with zero attached hydrogens (tertiary/aromatic N) is 2. The van der Waals surface area contributed by atoms with Crippen LogP contribution in [0.1, 0.15) is 23.4 Å². The number of fused-ring (bicyclic) bond motifs is 1. The molecule has 31 heavy (non-hydrogen) atoms. The first-order valence-corrected chi connectivity index (χ1v) is 10.8. The predicted molar refractivity (Wildman–Crippen MR) is 121 cm³/mol. The summed E-state index contributed by atoms with van der Waals surface area (Å²) in [6.45, 7) is 6.41. The Morgan fingerprint density at radius 2 is 2.00 bits per heavy atom. The zero-order valence-corrected chi connectivity index (χ0v) is 18.4. The van der Waals surface area contributed by atoms with Gasteiger partial charge in [-0.2, -0.15) is 0 Å². The summed E-state index contributed by atoms with van der Waals surface area (Å²) in [5.41, 5.74) is 1.55. The van der Waals surface area contributed by atoms with Gasteiger partial charge in [0.15, 0.2) is 0 Å². The van der Waals surface area contributed by atoms with E-state index in [2.05, 4.69) is 10.3 Å². The van der Waals surface area contributed by atoms with E-state index < -0.39 is 0 Å². The van der Waals surface area contributed by atoms with E-state index in [-0.39, 0.29) is 24.6 Å². The number of thiophene rings is 1. The Labute approximate surface area is 183 Å². The Kier molecular flexibility index (Phi) is 5.90. The number of amides is 1. The number of ether oxygens (including phenoxy) is 1. The monoisotopic (exact) mass is 437 g/mol. The molecule has 0 unspecified atom stereocenters. The molecule has 0 spiro atoms. The smallest absolute Gasteiger partial charge is 0.263 e. The average molecular weight is 438 g/mol. The second kappa shape index (κ2) is 8.77. The third-order valence-electron chi connectivity index (χ3n) is 4.97. The van der Waals surface area contributed by atoms with Crippen molar-refractivity contribution in [2.24, 2.45) is 0 Å². The Morgan fingerprint density at radius 3 is 2.68 bits per heavy atom. The van der Waals surface area contributed by atoms with Crippen molar-refractivity contribution in [3.63, 3.8) is 0 Å². The quantitative estimate of drug-likeness (QED) is 0.471. The average Bonchev–Trinajstić information content (AvgIpc) is 3.38. The molecule has 0 saturated heterocycles. The lowest BCUT2D eigenvalue weighted by Crippen LogP contribution is -2.33. The highest BCUT2D eigenvalue weighted by molar-refractivity contribution is 7.19. The van der Waals surface area contributed by atoms with Crippen LogP contribution in [0.25, 0.3) is 21.3 Å². The minimum Gasteiger partial charge on any atom is -0.494 e. The number of aromatic nitrogens is 2. The Bertz CT molecular complexity index is 1270. The molecule has 0 atom stereocenters. The first kappa shape index (κ1) is 20.9. The minimum atomic E-state index is -0.280. The van der Waals surface area contributed by atoms with Crippen LogP contribution in [0.5, 0.6) is 5.75 Å². The Hall–Kier alpha value is -3.39. The largest absolute Gasteiger partial charge is 0.494 e. The number of aryl methyl sites for hydroxylation is 2. The van der Waals surface area contributed by atoms with Crippen LogP contribution in [0.15, 0.2) is 51.9 Å². The van der Waals surface area contributed by atoms with Crippen LogP contribution < -0.4 is 15.6 Å². The van der Waals surface area contributed by atoms with Gasteiger partial charge in [0.2, 0.25) is 5.91 Å². The fourth-order valence-corrected chi connectivity index (χ4v) is 4.59. The van der Waals surface area contributed by atoms with E-state index >= 15 is 0 Å². The molecule has 0 saturated carbocycles. The summed E-state index contributed by atoms with van der Waals surface area (Å²) >= 11 is 1.48. The lowest BCUT2D eigenvalue weighted by molar-refractivity contribution is -0.122. The number of furan rings is 1. The third-order valence-corrected chi connectivity index (χ3v) is 5.97. The highest BCUT2D eigenvalue weighted by Crippen LogP contribution is 2.36. The number of benzene rings is 1. The number of rotatable bonds is 7. The van der Waals surface area contributed by atoms with Crippen LogP contribution in [-0.2, 0) is 17.9 Å². The molecule has 0 fully saturated rings. The first-order valence-electron chi connectivity index (χ1n) is 10.0. The van der Waals surface area contributed by atoms with E-state index in [1.165, 1.54) is 15.9 Å². The lowest BCUT2D eigenvalue weighted by atomic mass is 10.0. The molecule has 160 valence electrons. The molecular formula is C23H23N3O4S. The molecule has 0 radical (unpaired) electrons. The standard InChI is InChI=1S/C23H23N3O4S/c1-4-29-17-9-7-16(8-10-17)20-14(2)31-22-21(20)23(28)26(15(3)25-22)13-19(27)24-12-18-6-5-11-30-18/h5-11H,4,12-13H2,1-3H3,(H,24,27). The highest BCUT2D eigenvalue weighted by atomic mass is 32.1. The van der Waals surface area contributed by atoms with Crippen molar-refractivity contribution >= 4 is 27.5 Å². The number of nitrogens with one attached hydrogen (secondary N) is 1. The molecule has 1 amide bonds. The van der Waals surface area contributed by atoms with E-state index in [1.807, 2.05) is 38.1 Å². The van der Waals surface area contributed by atoms with E-state index in [4.69, 9.17) is 9.15 Å². The number of carbonyl (C=O) groups is 1. The van der Waals surface area contributed by atoms with Gasteiger partial charge >= 0.3 is 0 Å². The fourth-order valence-electron chi connectivity index (χ4n) is 3.51. The Morgan fingerprint density at radius 1 is 1.23 bits per heavy atom. The predicted octanol–water partition coefficient (Wildman–Crippen LogP) is 4.05. The molecule has 4 aromatic rings. The van der Waals surface area contributed by atoms with Gasteiger partial charge in [0.25, 0.3) is 5.56 Å². The van der Waals surface area contributed by atoms with Gasteiger partial charge in [-0.05, 0) is 50.6 Å². The maximum Gasteiger partial charge on any atom is 0.263 e. The van der Waals surface area contributed by atoms with E-state index in [1.54, 1.807) is 25.3 Å². The van der Waals surface area contributed by atoms with Crippen LogP contribution in [-0.4, -0.2) is 22.1 Å². The zero-order chi connectivity index (χ0) is 22.0. The molecule has 3 aromatic heterocycles. The summed E-state index contributed by atoms with van der Waals surface area (Å²) in [6.07, 6.45) is 1.55. The van der Waals surface area contributed by atoms with Gasteiger partial charge in [-0.15, -0.1) is 11.3 Å². The molecule has 4 rings (SSSR count). The Balaban J connectivity index is 1.68. The highest BCUT2D eigenvalue weighted by Gasteiger charge is 2.19. The van der Waals surface area contributed by atoms with E-state index in [0.717, 1.165) is 21.8 Å². The van der Waals surface area contributed by atoms with Crippen molar-refractivity contribution in [3.05, 3.63) is 69.5 Å². The topological polar surface area (TPSA) is 86.4 Å². The summed E-state index contributed by atoms with van der Waals surface area (Å²) in [7, 11) is 0. The van der Waals surface area contributed by atoms with Crippen molar-refractivity contribution in [3.8, 4) is 16.9 Å². The number of hydrogen-bond donors (Lipinski definition) is 1. The van der Waals surface area contributed by atoms with Crippen molar-refractivity contribution < 1.29 is 13.9 Å². The van der Waals surface area contributed by atoms with Crippen molar-refractivity contribution in [1.29, 1.82) is 0 Å². The zero-order valence-electron chi connectivity index (χ0n) is 17.6. The summed E-state index contributed by atoms with van der Waals surface area (Å²) < 4.78 is 12.2. The molecule has 0 aliphatic heterocycles. The SMILES string of the molecule is CCOc1ccc(-c2c(C)sc3nc(C)n(CC(=O)NCc4ccco4)c(=O)c23)cc1. The minimum absolute atomic E-state index is 0.105. The second-order valence-electron chi connectivity index (χ2n) is 7.08. The number of hydrogen-bond acceptors (Lipinski definition) is 6. The van der Waals surface area contributed by atoms with Crippen LogP contribution in [0, 0.1) is 13.8 Å². The molecular weight excluding hydrogens is 414 g/mol. The molecule has 0 bridgehead atoms. The first-order chi connectivity index (χ1) is 15.0. The second-order valence-corrected chi connectivity index (χ2v) is 8.28. The molecule has 3 heterocycles.